The van der Waals surface area contributed by atoms with E-state index in [0.717, 1.165) is 15.2 Å². The Morgan fingerprint density at radius 1 is 0.588 bits per heavy atom. The number of fused-ring (bicyclic) bond motifs is 2. The largest absolute Gasteiger partial charge is 0.454 e. The van der Waals surface area contributed by atoms with E-state index < -0.39 is 58.9 Å². The number of tetrazole rings is 2. The van der Waals surface area contributed by atoms with Crippen molar-refractivity contribution in [2.24, 2.45) is 0 Å². The van der Waals surface area contributed by atoms with Crippen LogP contribution < -0.4 is 9.80 Å². The summed E-state index contributed by atoms with van der Waals surface area (Å²) in [7, 11) is 0. The van der Waals surface area contributed by atoms with Gasteiger partial charge in [0.05, 0.1) is 33.5 Å². The van der Waals surface area contributed by atoms with Crippen LogP contribution >= 0.6 is 46.4 Å². The van der Waals surface area contributed by atoms with Gasteiger partial charge in [0.1, 0.15) is 24.3 Å². The van der Waals surface area contributed by atoms with E-state index in [1.807, 2.05) is 27.7 Å². The first-order valence-electron chi connectivity index (χ1n) is 25.0. The van der Waals surface area contributed by atoms with Crippen LogP contribution in [0.5, 0.6) is 0 Å². The van der Waals surface area contributed by atoms with E-state index in [1.54, 1.807) is 112 Å². The van der Waals surface area contributed by atoms with E-state index in [0.29, 0.717) is 38.0 Å². The lowest BCUT2D eigenvalue weighted by molar-refractivity contribution is 0.0480. The molecule has 416 valence electrons. The predicted octanol–water partition coefficient (Wildman–Crippen LogP) is 12.0. The third kappa shape index (κ3) is 11.3. The number of anilines is 2. The Morgan fingerprint density at radius 3 is 1.46 bits per heavy atom. The quantitative estimate of drug-likeness (QED) is 0.116. The third-order valence-electron chi connectivity index (χ3n) is 12.5. The van der Waals surface area contributed by atoms with Crippen molar-refractivity contribution < 1.29 is 37.4 Å². The summed E-state index contributed by atoms with van der Waals surface area (Å²) in [5, 5.41) is 33.5. The zero-order valence-electron chi connectivity index (χ0n) is 44.8. The Hall–Kier alpha value is -7.66. The van der Waals surface area contributed by atoms with Gasteiger partial charge >= 0.3 is 12.2 Å². The number of aromatic nitrogens is 12. The molecule has 2 atom stereocenters. The monoisotopic (exact) mass is 1170 g/mol. The van der Waals surface area contributed by atoms with Crippen molar-refractivity contribution in [1.82, 2.24) is 60.0 Å². The molecule has 6 heterocycles. The Bertz CT molecular complexity index is 3700. The molecule has 4 aromatic heterocycles. The number of ether oxygens (including phenoxy) is 2. The molecule has 0 saturated carbocycles. The zero-order valence-corrected chi connectivity index (χ0v) is 47.8. The molecule has 2 aliphatic rings. The molecule has 8 aromatic rings. The van der Waals surface area contributed by atoms with Gasteiger partial charge in [0.25, 0.3) is 11.8 Å². The maximum Gasteiger partial charge on any atom is 0.454 e. The van der Waals surface area contributed by atoms with Gasteiger partial charge in [-0.1, -0.05) is 115 Å². The van der Waals surface area contributed by atoms with Crippen molar-refractivity contribution in [3.05, 3.63) is 173 Å². The molecule has 20 nitrogen and oxygen atoms in total. The number of hydrogen-bond acceptors (Lipinski definition) is 14. The summed E-state index contributed by atoms with van der Waals surface area (Å²) in [6.07, 6.45) is -1.51. The van der Waals surface area contributed by atoms with Crippen LogP contribution in [0.4, 0.5) is 29.7 Å². The van der Waals surface area contributed by atoms with E-state index in [9.17, 15) is 19.2 Å². The normalized spacial score (nSPS) is 15.2. The van der Waals surface area contributed by atoms with Crippen molar-refractivity contribution in [3.8, 4) is 0 Å². The molecule has 0 aliphatic carbocycles. The number of amides is 2. The van der Waals surface area contributed by atoms with Crippen LogP contribution in [-0.4, -0.2) is 95.2 Å². The molecule has 26 heteroatoms. The lowest BCUT2D eigenvalue weighted by atomic mass is 9.94. The second-order valence-corrected chi connectivity index (χ2v) is 23.0. The van der Waals surface area contributed by atoms with Crippen LogP contribution in [-0.2, 0) is 22.6 Å². The van der Waals surface area contributed by atoms with Gasteiger partial charge in [0.15, 0.2) is 34.7 Å². The lowest BCUT2D eigenvalue weighted by Gasteiger charge is -2.28. The summed E-state index contributed by atoms with van der Waals surface area (Å²) in [6.45, 7) is 18.3. The minimum Gasteiger partial charge on any atom is -0.442 e. The topological polar surface area (TPSA) is 216 Å². The Balaban J connectivity index is 0.000000194. The Labute approximate surface area is 477 Å². The summed E-state index contributed by atoms with van der Waals surface area (Å²) in [6, 6.07) is 21.6. The van der Waals surface area contributed by atoms with Crippen LogP contribution in [0.1, 0.15) is 159 Å². The number of carbonyl (C=O) groups excluding carboxylic acids is 4. The van der Waals surface area contributed by atoms with Gasteiger partial charge in [-0.05, 0) is 129 Å². The predicted molar refractivity (Wildman–Crippen MR) is 293 cm³/mol. The van der Waals surface area contributed by atoms with Crippen molar-refractivity contribution >= 4 is 81.8 Å². The highest BCUT2D eigenvalue weighted by Gasteiger charge is 2.47. The van der Waals surface area contributed by atoms with Gasteiger partial charge in [-0.2, -0.15) is 10.2 Å². The van der Waals surface area contributed by atoms with Gasteiger partial charge in [-0.15, -0.1) is 20.0 Å². The van der Waals surface area contributed by atoms with E-state index in [4.69, 9.17) is 55.9 Å². The summed E-state index contributed by atoms with van der Waals surface area (Å²) in [5.41, 5.74) is 2.98. The maximum atomic E-state index is 15.3. The molecule has 0 spiro atoms. The fraction of sp³-hybridized carbons (Fsp3) is 0.333. The fourth-order valence-corrected chi connectivity index (χ4v) is 10.1. The molecule has 4 aromatic carbocycles. The number of halogens is 6. The van der Waals surface area contributed by atoms with E-state index in [2.05, 4.69) is 41.1 Å². The van der Waals surface area contributed by atoms with Crippen LogP contribution in [0, 0.1) is 11.6 Å². The SMILES string of the molecule is CC(C)c1c2c(nn1Cc1nnn(C(=O)OC(C)(C)C)n1)C(=O)N(c1cccc(Cl)c1F)C2c1ccc(Cl)cc1.CC(C)c1c2c(nn1Cc1nnnn1C(=O)OC(C)(C)C)C(=O)N(c1cccc(Cl)c1F)C2c1ccc(Cl)cc1. The standard InChI is InChI=1S/2C27H26Cl2FN7O3/c1-14(2)23-20-22(32-35(23)13-19-31-33-34-37(19)26(39)40-27(3,4)5)25(38)36(18-8-6-7-17(29)21(18)30)24(20)15-9-11-16(28)12-10-15;1-14(2)23-20-22(33-35(23)13-19-31-34-37(32-19)26(39)40-27(3,4)5)25(38)36(18-8-6-7-17(29)21(18)30)24(20)15-9-11-16(28)12-10-15/h2*6-12,14,24H,13H2,1-5H3. The van der Waals surface area contributed by atoms with Gasteiger partial charge in [-0.25, -0.2) is 18.4 Å². The number of nitrogens with zero attached hydrogens (tertiary/aromatic N) is 14. The van der Waals surface area contributed by atoms with Gasteiger partial charge < -0.3 is 9.47 Å². The summed E-state index contributed by atoms with van der Waals surface area (Å²) in [5.74, 6) is -2.27. The first kappa shape index (κ1) is 57.0. The minimum absolute atomic E-state index is 0.0150. The number of benzene rings is 4. The summed E-state index contributed by atoms with van der Waals surface area (Å²) >= 11 is 24.5. The van der Waals surface area contributed by atoms with Crippen LogP contribution in [0.15, 0.2) is 84.9 Å². The van der Waals surface area contributed by atoms with E-state index in [1.165, 1.54) is 34.1 Å². The molecule has 2 aliphatic heterocycles. The fourth-order valence-electron chi connectivity index (χ4n) is 9.49. The molecule has 2 amide bonds. The molecule has 0 bridgehead atoms. The van der Waals surface area contributed by atoms with Crippen LogP contribution in [0.3, 0.4) is 0 Å². The molecule has 0 saturated heterocycles. The average Bonchev–Trinajstić information content (AvgIpc) is 4.30. The molecule has 10 rings (SSSR count). The summed E-state index contributed by atoms with van der Waals surface area (Å²) in [4.78, 5) is 56.4. The second-order valence-electron chi connectivity index (χ2n) is 21.3. The van der Waals surface area contributed by atoms with Crippen molar-refractivity contribution in [1.29, 1.82) is 0 Å². The molecular formula is C54H52Cl4F2N14O6. The van der Waals surface area contributed by atoms with Crippen molar-refractivity contribution in [2.45, 2.75) is 117 Å². The highest BCUT2D eigenvalue weighted by molar-refractivity contribution is 6.32. The van der Waals surface area contributed by atoms with Gasteiger partial charge in [0.2, 0.25) is 0 Å². The molecule has 0 fully saturated rings. The molecule has 2 unspecified atom stereocenters. The third-order valence-corrected chi connectivity index (χ3v) is 13.6. The Kier molecular flexibility index (Phi) is 15.8. The first-order valence-corrected chi connectivity index (χ1v) is 26.5. The minimum atomic E-state index is -0.768. The smallest absolute Gasteiger partial charge is 0.442 e. The maximum absolute atomic E-state index is 15.3. The second kappa shape index (κ2) is 22.1. The van der Waals surface area contributed by atoms with E-state index in [-0.39, 0.29) is 69.4 Å². The number of rotatable bonds is 10. The number of carbonyl (C=O) groups is 4. The van der Waals surface area contributed by atoms with E-state index >= 15 is 8.78 Å². The molecule has 0 radical (unpaired) electrons. The highest BCUT2D eigenvalue weighted by atomic mass is 35.5. The molecule has 80 heavy (non-hydrogen) atoms. The lowest BCUT2D eigenvalue weighted by Crippen LogP contribution is -2.31. The zero-order chi connectivity index (χ0) is 57.9. The summed E-state index contributed by atoms with van der Waals surface area (Å²) < 4.78 is 45.5. The molecular weight excluding hydrogens is 1120 g/mol. The van der Waals surface area contributed by atoms with Gasteiger partial charge in [-0.3, -0.25) is 28.8 Å². The molecule has 0 N–H and O–H groups in total. The van der Waals surface area contributed by atoms with Crippen LogP contribution in [0.25, 0.3) is 0 Å². The average molecular weight is 1170 g/mol. The van der Waals surface area contributed by atoms with Crippen molar-refractivity contribution in [3.63, 3.8) is 0 Å². The van der Waals surface area contributed by atoms with Crippen LogP contribution in [0.2, 0.25) is 20.1 Å². The first-order chi connectivity index (χ1) is 37.7. The van der Waals surface area contributed by atoms with Crippen molar-refractivity contribution in [2.75, 3.05) is 9.80 Å². The number of hydrogen-bond donors (Lipinski definition) is 0. The van der Waals surface area contributed by atoms with Gasteiger partial charge in [0, 0.05) is 32.6 Å². The highest BCUT2D eigenvalue weighted by Crippen LogP contribution is 2.48. The Morgan fingerprint density at radius 2 is 1.02 bits per heavy atom.